The fourth-order valence-corrected chi connectivity index (χ4v) is 2.09. The van der Waals surface area contributed by atoms with E-state index in [4.69, 9.17) is 5.73 Å². The second-order valence-electron chi connectivity index (χ2n) is 3.10. The van der Waals surface area contributed by atoms with Crippen molar-refractivity contribution >= 4 is 11.3 Å². The van der Waals surface area contributed by atoms with Gasteiger partial charge in [0.1, 0.15) is 5.01 Å². The Labute approximate surface area is 86.4 Å². The molecule has 0 aliphatic carbocycles. The normalized spacial score (nSPS) is 10.8. The van der Waals surface area contributed by atoms with Gasteiger partial charge in [0.15, 0.2) is 0 Å². The Morgan fingerprint density at radius 1 is 1.50 bits per heavy atom. The predicted octanol–water partition coefficient (Wildman–Crippen LogP) is 1.31. The molecule has 0 radical (unpaired) electrons. The van der Waals surface area contributed by atoms with Crippen molar-refractivity contribution in [3.05, 3.63) is 23.0 Å². The highest BCUT2D eigenvalue weighted by Gasteiger charge is 2.09. The third-order valence-corrected chi connectivity index (χ3v) is 3.27. The molecule has 0 bridgehead atoms. The zero-order valence-electron chi connectivity index (χ0n) is 8.19. The maximum atomic E-state index is 5.53. The molecule has 2 aromatic rings. The van der Waals surface area contributed by atoms with Crippen LogP contribution >= 0.6 is 11.3 Å². The van der Waals surface area contributed by atoms with Gasteiger partial charge in [-0.05, 0) is 6.92 Å². The van der Waals surface area contributed by atoms with E-state index < -0.39 is 0 Å². The SMILES string of the molecule is Cc1c(-c2ncc(CN)s2)cnn1C. The Balaban J connectivity index is 2.44. The highest BCUT2D eigenvalue weighted by Crippen LogP contribution is 2.26. The lowest BCUT2D eigenvalue weighted by molar-refractivity contribution is 0.740. The van der Waals surface area contributed by atoms with E-state index in [1.54, 1.807) is 11.3 Å². The number of hydrogen-bond acceptors (Lipinski definition) is 4. The van der Waals surface area contributed by atoms with E-state index in [-0.39, 0.29) is 0 Å². The zero-order valence-corrected chi connectivity index (χ0v) is 9.01. The minimum Gasteiger partial charge on any atom is -0.326 e. The van der Waals surface area contributed by atoms with Crippen molar-refractivity contribution in [2.75, 3.05) is 0 Å². The number of nitrogens with two attached hydrogens (primary N) is 1. The molecule has 0 unspecified atom stereocenters. The molecule has 2 rings (SSSR count). The molecule has 0 fully saturated rings. The van der Waals surface area contributed by atoms with Gasteiger partial charge in [-0.3, -0.25) is 4.68 Å². The molecular formula is C9H12N4S. The third kappa shape index (κ3) is 1.44. The van der Waals surface area contributed by atoms with Crippen molar-refractivity contribution in [1.82, 2.24) is 14.8 Å². The molecule has 2 N–H and O–H groups in total. The maximum Gasteiger partial charge on any atom is 0.127 e. The summed E-state index contributed by atoms with van der Waals surface area (Å²) in [6.45, 7) is 2.59. The summed E-state index contributed by atoms with van der Waals surface area (Å²) < 4.78 is 1.85. The molecule has 0 amide bonds. The molecule has 5 heteroatoms. The molecule has 4 nitrogen and oxygen atoms in total. The van der Waals surface area contributed by atoms with Crippen molar-refractivity contribution in [3.8, 4) is 10.6 Å². The maximum absolute atomic E-state index is 5.53. The molecule has 0 spiro atoms. The summed E-state index contributed by atoms with van der Waals surface area (Å²) in [4.78, 5) is 5.42. The van der Waals surface area contributed by atoms with Gasteiger partial charge in [0.25, 0.3) is 0 Å². The van der Waals surface area contributed by atoms with Crippen LogP contribution in [0.2, 0.25) is 0 Å². The highest BCUT2D eigenvalue weighted by atomic mass is 32.1. The van der Waals surface area contributed by atoms with Crippen LogP contribution in [0.5, 0.6) is 0 Å². The van der Waals surface area contributed by atoms with E-state index in [0.29, 0.717) is 6.54 Å². The van der Waals surface area contributed by atoms with Gasteiger partial charge in [-0.2, -0.15) is 5.10 Å². The Kier molecular flexibility index (Phi) is 2.35. The second-order valence-corrected chi connectivity index (χ2v) is 4.22. The van der Waals surface area contributed by atoms with Crippen molar-refractivity contribution in [3.63, 3.8) is 0 Å². The molecule has 14 heavy (non-hydrogen) atoms. The largest absolute Gasteiger partial charge is 0.326 e. The molecule has 0 atom stereocenters. The lowest BCUT2D eigenvalue weighted by Gasteiger charge is -1.95. The van der Waals surface area contributed by atoms with Crippen LogP contribution in [0.25, 0.3) is 10.6 Å². The van der Waals surface area contributed by atoms with Gasteiger partial charge < -0.3 is 5.73 Å². The minimum absolute atomic E-state index is 0.553. The lowest BCUT2D eigenvalue weighted by atomic mass is 10.3. The van der Waals surface area contributed by atoms with Crippen LogP contribution in [0.3, 0.4) is 0 Å². The fraction of sp³-hybridized carbons (Fsp3) is 0.333. The first-order valence-electron chi connectivity index (χ1n) is 4.36. The number of aryl methyl sites for hydroxylation is 1. The van der Waals surface area contributed by atoms with Gasteiger partial charge in [-0.1, -0.05) is 0 Å². The first kappa shape index (κ1) is 9.36. The topological polar surface area (TPSA) is 56.7 Å². The molecule has 0 aromatic carbocycles. The molecule has 0 saturated heterocycles. The van der Waals surface area contributed by atoms with E-state index >= 15 is 0 Å². The fourth-order valence-electron chi connectivity index (χ4n) is 1.24. The summed E-state index contributed by atoms with van der Waals surface area (Å²) in [5, 5.41) is 5.18. The average Bonchev–Trinajstić information content (AvgIpc) is 2.75. The smallest absolute Gasteiger partial charge is 0.127 e. The number of thiazole rings is 1. The van der Waals surface area contributed by atoms with E-state index in [1.807, 2.05) is 31.0 Å². The Bertz CT molecular complexity index is 443. The van der Waals surface area contributed by atoms with Gasteiger partial charge in [-0.25, -0.2) is 4.98 Å². The number of nitrogens with zero attached hydrogens (tertiary/aromatic N) is 3. The van der Waals surface area contributed by atoms with Crippen LogP contribution in [0.4, 0.5) is 0 Å². The van der Waals surface area contributed by atoms with Gasteiger partial charge in [0.2, 0.25) is 0 Å². The monoisotopic (exact) mass is 208 g/mol. The Hall–Kier alpha value is -1.20. The molecular weight excluding hydrogens is 196 g/mol. The predicted molar refractivity (Wildman–Crippen MR) is 56.9 cm³/mol. The van der Waals surface area contributed by atoms with E-state index in [1.165, 1.54) is 0 Å². The summed E-state index contributed by atoms with van der Waals surface area (Å²) >= 11 is 1.62. The van der Waals surface area contributed by atoms with E-state index in [2.05, 4.69) is 10.1 Å². The van der Waals surface area contributed by atoms with Crippen molar-refractivity contribution in [2.45, 2.75) is 13.5 Å². The summed E-state index contributed by atoms with van der Waals surface area (Å²) in [7, 11) is 1.93. The van der Waals surface area contributed by atoms with Crippen LogP contribution in [-0.4, -0.2) is 14.8 Å². The first-order chi connectivity index (χ1) is 6.72. The van der Waals surface area contributed by atoms with Crippen molar-refractivity contribution in [1.29, 1.82) is 0 Å². The molecule has 0 aliphatic rings. The van der Waals surface area contributed by atoms with Gasteiger partial charge in [0, 0.05) is 30.4 Å². The lowest BCUT2D eigenvalue weighted by Crippen LogP contribution is -1.92. The minimum atomic E-state index is 0.553. The van der Waals surface area contributed by atoms with Crippen LogP contribution in [0.1, 0.15) is 10.6 Å². The Morgan fingerprint density at radius 2 is 2.29 bits per heavy atom. The molecule has 2 aromatic heterocycles. The summed E-state index contributed by atoms with van der Waals surface area (Å²) in [6, 6.07) is 0. The number of rotatable bonds is 2. The van der Waals surface area contributed by atoms with Crippen LogP contribution in [0.15, 0.2) is 12.4 Å². The highest BCUT2D eigenvalue weighted by molar-refractivity contribution is 7.15. The summed E-state index contributed by atoms with van der Waals surface area (Å²) in [6.07, 6.45) is 3.67. The van der Waals surface area contributed by atoms with Gasteiger partial charge in [0.05, 0.1) is 11.8 Å². The average molecular weight is 208 g/mol. The number of aromatic nitrogens is 3. The summed E-state index contributed by atoms with van der Waals surface area (Å²) in [5.41, 5.74) is 7.76. The standard InChI is InChI=1S/C9H12N4S/c1-6-8(5-12-13(6)2)9-11-4-7(3-10)14-9/h4-5H,3,10H2,1-2H3. The third-order valence-electron chi connectivity index (χ3n) is 2.22. The Morgan fingerprint density at radius 3 is 2.79 bits per heavy atom. The quantitative estimate of drug-likeness (QED) is 0.809. The van der Waals surface area contributed by atoms with Crippen molar-refractivity contribution < 1.29 is 0 Å². The molecule has 0 saturated carbocycles. The van der Waals surface area contributed by atoms with Crippen LogP contribution < -0.4 is 5.73 Å². The van der Waals surface area contributed by atoms with Crippen molar-refractivity contribution in [2.24, 2.45) is 12.8 Å². The van der Waals surface area contributed by atoms with Crippen LogP contribution in [0, 0.1) is 6.92 Å². The molecule has 74 valence electrons. The number of hydrogen-bond donors (Lipinski definition) is 1. The summed E-state index contributed by atoms with van der Waals surface area (Å²) in [5.74, 6) is 0. The van der Waals surface area contributed by atoms with E-state index in [9.17, 15) is 0 Å². The zero-order chi connectivity index (χ0) is 10.1. The van der Waals surface area contributed by atoms with Gasteiger partial charge in [-0.15, -0.1) is 11.3 Å². The molecule has 0 aliphatic heterocycles. The van der Waals surface area contributed by atoms with E-state index in [0.717, 1.165) is 21.1 Å². The molecule has 2 heterocycles. The second kappa shape index (κ2) is 3.51. The van der Waals surface area contributed by atoms with Crippen LogP contribution in [-0.2, 0) is 13.6 Å². The first-order valence-corrected chi connectivity index (χ1v) is 5.17. The van der Waals surface area contributed by atoms with Gasteiger partial charge >= 0.3 is 0 Å².